The average molecular weight is 262 g/mol. The zero-order chi connectivity index (χ0) is 13.6. The SMILES string of the molecule is Nc1cccc2c1CN(C1(O)CCC[N+](=O)C1)C2=O. The zero-order valence-corrected chi connectivity index (χ0v) is 10.5. The van der Waals surface area contributed by atoms with E-state index in [0.29, 0.717) is 30.6 Å². The van der Waals surface area contributed by atoms with Crippen LogP contribution < -0.4 is 5.73 Å². The molecule has 1 fully saturated rings. The molecule has 0 radical (unpaired) electrons. The van der Waals surface area contributed by atoms with E-state index in [-0.39, 0.29) is 19.0 Å². The number of aliphatic hydroxyl groups is 1. The highest BCUT2D eigenvalue weighted by atomic mass is 16.3. The molecule has 0 saturated carbocycles. The van der Waals surface area contributed by atoms with E-state index in [1.165, 1.54) is 4.90 Å². The summed E-state index contributed by atoms with van der Waals surface area (Å²) in [5.74, 6) is -0.250. The second kappa shape index (κ2) is 4.03. The molecular formula is C13H16N3O3+. The van der Waals surface area contributed by atoms with E-state index in [1.807, 2.05) is 0 Å². The smallest absolute Gasteiger partial charge is 0.257 e. The van der Waals surface area contributed by atoms with Crippen molar-refractivity contribution >= 4 is 11.6 Å². The van der Waals surface area contributed by atoms with Crippen LogP contribution >= 0.6 is 0 Å². The molecule has 3 N–H and O–H groups in total. The Morgan fingerprint density at radius 2 is 2.21 bits per heavy atom. The van der Waals surface area contributed by atoms with Gasteiger partial charge in [0, 0.05) is 39.3 Å². The number of amides is 1. The van der Waals surface area contributed by atoms with Gasteiger partial charge in [-0.1, -0.05) is 6.07 Å². The summed E-state index contributed by atoms with van der Waals surface area (Å²) >= 11 is 0. The van der Waals surface area contributed by atoms with Gasteiger partial charge in [-0.15, -0.1) is 0 Å². The van der Waals surface area contributed by atoms with Crippen LogP contribution in [0.1, 0.15) is 28.8 Å². The molecule has 1 aromatic carbocycles. The van der Waals surface area contributed by atoms with Crippen molar-refractivity contribution in [1.82, 2.24) is 4.90 Å². The molecule has 2 heterocycles. The van der Waals surface area contributed by atoms with Crippen molar-refractivity contribution in [3.63, 3.8) is 0 Å². The van der Waals surface area contributed by atoms with Gasteiger partial charge in [0.05, 0.1) is 6.54 Å². The number of carbonyl (C=O) groups is 1. The molecule has 1 amide bonds. The number of benzene rings is 1. The zero-order valence-electron chi connectivity index (χ0n) is 10.5. The lowest BCUT2D eigenvalue weighted by atomic mass is 10.0. The number of nitrogen functional groups attached to an aromatic ring is 1. The Hall–Kier alpha value is -1.95. The molecule has 0 aliphatic carbocycles. The van der Waals surface area contributed by atoms with E-state index in [2.05, 4.69) is 0 Å². The maximum Gasteiger partial charge on any atom is 0.257 e. The van der Waals surface area contributed by atoms with E-state index in [9.17, 15) is 14.8 Å². The Balaban J connectivity index is 1.95. The second-order valence-electron chi connectivity index (χ2n) is 5.21. The summed E-state index contributed by atoms with van der Waals surface area (Å²) in [5, 5.41) is 10.6. The maximum absolute atomic E-state index is 12.3. The quantitative estimate of drug-likeness (QED) is 0.569. The molecule has 6 heteroatoms. The minimum atomic E-state index is -1.39. The Kier molecular flexibility index (Phi) is 2.56. The van der Waals surface area contributed by atoms with Crippen LogP contribution in [0.25, 0.3) is 0 Å². The van der Waals surface area contributed by atoms with E-state index in [1.54, 1.807) is 18.2 Å². The van der Waals surface area contributed by atoms with Gasteiger partial charge in [-0.05, 0) is 12.1 Å². The Labute approximate surface area is 110 Å². The van der Waals surface area contributed by atoms with Crippen molar-refractivity contribution in [2.75, 3.05) is 18.8 Å². The van der Waals surface area contributed by atoms with Gasteiger partial charge in [0.2, 0.25) is 12.3 Å². The van der Waals surface area contributed by atoms with Crippen molar-refractivity contribution in [2.45, 2.75) is 25.1 Å². The normalized spacial score (nSPS) is 26.7. The lowest BCUT2D eigenvalue weighted by molar-refractivity contribution is -0.583. The minimum absolute atomic E-state index is 0.0629. The van der Waals surface area contributed by atoms with Gasteiger partial charge in [-0.2, -0.15) is 0 Å². The van der Waals surface area contributed by atoms with E-state index in [4.69, 9.17) is 5.73 Å². The number of nitrogens with two attached hydrogens (primary N) is 1. The fourth-order valence-electron chi connectivity index (χ4n) is 2.89. The van der Waals surface area contributed by atoms with Crippen LogP contribution in [0, 0.1) is 4.91 Å². The van der Waals surface area contributed by atoms with Crippen LogP contribution in [0.2, 0.25) is 0 Å². The molecule has 19 heavy (non-hydrogen) atoms. The minimum Gasteiger partial charge on any atom is -0.398 e. The van der Waals surface area contributed by atoms with E-state index >= 15 is 0 Å². The van der Waals surface area contributed by atoms with Gasteiger partial charge in [0.25, 0.3) is 5.91 Å². The molecule has 1 saturated heterocycles. The van der Waals surface area contributed by atoms with Crippen molar-refractivity contribution in [3.05, 3.63) is 34.2 Å². The lowest BCUT2D eigenvalue weighted by Crippen LogP contribution is -2.56. The van der Waals surface area contributed by atoms with Gasteiger partial charge in [-0.25, -0.2) is 0 Å². The lowest BCUT2D eigenvalue weighted by Gasteiger charge is -2.35. The van der Waals surface area contributed by atoms with Gasteiger partial charge in [0.15, 0.2) is 6.54 Å². The first-order valence-electron chi connectivity index (χ1n) is 6.35. The monoisotopic (exact) mass is 262 g/mol. The number of fused-ring (bicyclic) bond motifs is 1. The third-order valence-electron chi connectivity index (χ3n) is 3.92. The molecule has 3 rings (SSSR count). The summed E-state index contributed by atoms with van der Waals surface area (Å²) in [6, 6.07) is 5.16. The predicted molar refractivity (Wildman–Crippen MR) is 68.3 cm³/mol. The Morgan fingerprint density at radius 1 is 1.42 bits per heavy atom. The van der Waals surface area contributed by atoms with E-state index in [0.717, 1.165) is 10.3 Å². The fraction of sp³-hybridized carbons (Fsp3) is 0.462. The molecule has 0 bridgehead atoms. The highest BCUT2D eigenvalue weighted by molar-refractivity contribution is 6.00. The number of piperidine rings is 1. The molecule has 1 aromatic rings. The molecule has 0 aromatic heterocycles. The number of hydrogen-bond acceptors (Lipinski definition) is 4. The maximum atomic E-state index is 12.3. The number of nitroso groups, excluding NO2 is 1. The molecule has 1 atom stereocenters. The highest BCUT2D eigenvalue weighted by Crippen LogP contribution is 2.34. The van der Waals surface area contributed by atoms with Gasteiger partial charge >= 0.3 is 0 Å². The fourth-order valence-corrected chi connectivity index (χ4v) is 2.89. The standard InChI is InChI=1S/C13H16N3O3/c14-11-4-1-3-9-10(11)7-16(12(9)17)13(18)5-2-6-15(19)8-13/h1,3-4,18H,2,5-8,14H2/q+1. The number of β-amino-alcohol motifs (C(OH)–C–C–N with tert-alkyl or cyclic N) is 1. The first-order valence-corrected chi connectivity index (χ1v) is 6.35. The predicted octanol–water partition coefficient (Wildman–Crippen LogP) is 0.486. The topological polar surface area (TPSA) is 86.6 Å². The average Bonchev–Trinajstić information content (AvgIpc) is 2.69. The van der Waals surface area contributed by atoms with Crippen molar-refractivity contribution in [3.8, 4) is 0 Å². The summed E-state index contributed by atoms with van der Waals surface area (Å²) in [5.41, 5.74) is 6.29. The largest absolute Gasteiger partial charge is 0.398 e. The van der Waals surface area contributed by atoms with Crippen LogP contribution in [0.3, 0.4) is 0 Å². The first kappa shape index (κ1) is 12.1. The molecule has 1 unspecified atom stereocenters. The third kappa shape index (κ3) is 1.79. The van der Waals surface area contributed by atoms with Crippen molar-refractivity contribution < 1.29 is 14.7 Å². The van der Waals surface area contributed by atoms with Gasteiger partial charge in [-0.3, -0.25) is 4.79 Å². The Bertz CT molecular complexity index is 572. The number of carbonyl (C=O) groups excluding carboxylic acids is 1. The van der Waals surface area contributed by atoms with E-state index < -0.39 is 5.72 Å². The summed E-state index contributed by atoms with van der Waals surface area (Å²) in [6.45, 7) is 0.608. The molecule has 100 valence electrons. The molecule has 2 aliphatic heterocycles. The molecule has 0 spiro atoms. The summed E-state index contributed by atoms with van der Waals surface area (Å²) in [6.07, 6.45) is 1.00. The van der Waals surface area contributed by atoms with Gasteiger partial charge in [0.1, 0.15) is 0 Å². The molecule has 2 aliphatic rings. The first-order chi connectivity index (χ1) is 9.01. The highest BCUT2D eigenvalue weighted by Gasteiger charge is 2.49. The van der Waals surface area contributed by atoms with Gasteiger partial charge < -0.3 is 15.7 Å². The summed E-state index contributed by atoms with van der Waals surface area (Å²) in [7, 11) is 0. The summed E-state index contributed by atoms with van der Waals surface area (Å²) < 4.78 is 0.809. The van der Waals surface area contributed by atoms with Crippen LogP contribution in [-0.2, 0) is 6.54 Å². The van der Waals surface area contributed by atoms with Crippen LogP contribution in [0.5, 0.6) is 0 Å². The number of rotatable bonds is 1. The summed E-state index contributed by atoms with van der Waals surface area (Å²) in [4.78, 5) is 25.2. The molecule has 6 nitrogen and oxygen atoms in total. The van der Waals surface area contributed by atoms with Crippen LogP contribution in [0.15, 0.2) is 18.2 Å². The van der Waals surface area contributed by atoms with Crippen molar-refractivity contribution in [1.29, 1.82) is 0 Å². The second-order valence-corrected chi connectivity index (χ2v) is 5.21. The number of anilines is 1. The van der Waals surface area contributed by atoms with Crippen molar-refractivity contribution in [2.24, 2.45) is 0 Å². The number of hydrogen-bond donors (Lipinski definition) is 2. The Morgan fingerprint density at radius 3 is 2.89 bits per heavy atom. The van der Waals surface area contributed by atoms with Crippen LogP contribution in [-0.4, -0.2) is 39.5 Å². The van der Waals surface area contributed by atoms with Crippen LogP contribution in [0.4, 0.5) is 5.69 Å². The third-order valence-corrected chi connectivity index (χ3v) is 3.92. The number of nitrogens with zero attached hydrogens (tertiary/aromatic N) is 2. The molecular weight excluding hydrogens is 246 g/mol.